The molecule has 1 aromatic heterocycles. The molecule has 3 nitrogen and oxygen atoms in total. The van der Waals surface area contributed by atoms with Gasteiger partial charge >= 0.3 is 5.69 Å². The molecular weight excluding hydrogens is 138 g/mol. The first kappa shape index (κ1) is 7.80. The number of aromatic amines is 1. The van der Waals surface area contributed by atoms with Crippen molar-refractivity contribution in [3.8, 4) is 6.07 Å². The molecular formula is C8H12N3+. The third-order valence-corrected chi connectivity index (χ3v) is 1.69. The maximum atomic E-state index is 8.62. The molecule has 0 radical (unpaired) electrons. The Hall–Kier alpha value is -1.30. The first-order valence-electron chi connectivity index (χ1n) is 3.64. The van der Waals surface area contributed by atoms with Crippen LogP contribution in [0.15, 0.2) is 6.07 Å². The average Bonchev–Trinajstić information content (AvgIpc) is 2.31. The van der Waals surface area contributed by atoms with E-state index >= 15 is 0 Å². The van der Waals surface area contributed by atoms with E-state index in [9.17, 15) is 0 Å². The van der Waals surface area contributed by atoms with Crippen molar-refractivity contribution in [2.24, 2.45) is 7.05 Å². The van der Waals surface area contributed by atoms with E-state index in [1.165, 1.54) is 0 Å². The fraction of sp³-hybridized carbons (Fsp3) is 0.500. The molecule has 58 valence electrons. The summed E-state index contributed by atoms with van der Waals surface area (Å²) < 4.78 is 1.73. The van der Waals surface area contributed by atoms with E-state index in [1.54, 1.807) is 4.68 Å². The first-order chi connectivity index (χ1) is 5.15. The molecule has 0 atom stereocenters. The molecule has 1 rings (SSSR count). The van der Waals surface area contributed by atoms with Crippen LogP contribution >= 0.6 is 0 Å². The molecule has 3 heteroatoms. The van der Waals surface area contributed by atoms with Gasteiger partial charge in [0.15, 0.2) is 13.1 Å². The van der Waals surface area contributed by atoms with E-state index in [2.05, 4.69) is 25.0 Å². The first-order valence-corrected chi connectivity index (χ1v) is 3.64. The van der Waals surface area contributed by atoms with E-state index in [-0.39, 0.29) is 0 Å². The van der Waals surface area contributed by atoms with E-state index in [0.29, 0.717) is 11.6 Å². The summed E-state index contributed by atoms with van der Waals surface area (Å²) in [6, 6.07) is 3.98. The molecule has 1 N–H and O–H groups in total. The second kappa shape index (κ2) is 2.75. The minimum atomic E-state index is 0.447. The van der Waals surface area contributed by atoms with Crippen molar-refractivity contribution >= 4 is 0 Å². The molecule has 0 aliphatic rings. The molecule has 0 saturated carbocycles. The van der Waals surface area contributed by atoms with Gasteiger partial charge in [0.25, 0.3) is 0 Å². The summed E-state index contributed by atoms with van der Waals surface area (Å²) in [6.07, 6.45) is 0. The third-order valence-electron chi connectivity index (χ3n) is 1.69. The second-order valence-corrected chi connectivity index (χ2v) is 2.92. The number of aromatic nitrogens is 2. The van der Waals surface area contributed by atoms with Gasteiger partial charge < -0.3 is 0 Å². The number of H-pyrrole nitrogens is 1. The zero-order chi connectivity index (χ0) is 8.43. The zero-order valence-corrected chi connectivity index (χ0v) is 7.05. The van der Waals surface area contributed by atoms with Crippen LogP contribution in [0, 0.1) is 11.3 Å². The van der Waals surface area contributed by atoms with Crippen LogP contribution in [-0.4, -0.2) is 5.10 Å². The fourth-order valence-electron chi connectivity index (χ4n) is 0.933. The van der Waals surface area contributed by atoms with E-state index in [4.69, 9.17) is 5.26 Å². The lowest BCUT2D eigenvalue weighted by Gasteiger charge is -1.93. The Morgan fingerprint density at radius 1 is 1.64 bits per heavy atom. The predicted molar refractivity (Wildman–Crippen MR) is 40.8 cm³/mol. The van der Waals surface area contributed by atoms with Crippen LogP contribution in [0.25, 0.3) is 0 Å². The van der Waals surface area contributed by atoms with Crippen LogP contribution in [-0.2, 0) is 7.05 Å². The van der Waals surface area contributed by atoms with Crippen LogP contribution in [0.1, 0.15) is 31.2 Å². The molecule has 0 unspecified atom stereocenters. The van der Waals surface area contributed by atoms with Gasteiger partial charge in [-0.1, -0.05) is 13.8 Å². The molecule has 0 amide bonds. The van der Waals surface area contributed by atoms with Crippen molar-refractivity contribution in [2.45, 2.75) is 19.8 Å². The van der Waals surface area contributed by atoms with Crippen molar-refractivity contribution in [2.75, 3.05) is 0 Å². The van der Waals surface area contributed by atoms with Crippen molar-refractivity contribution in [1.82, 2.24) is 5.10 Å². The van der Waals surface area contributed by atoms with Gasteiger partial charge in [-0.15, -0.1) is 4.68 Å². The van der Waals surface area contributed by atoms with Crippen LogP contribution in [0.2, 0.25) is 0 Å². The number of aryl methyl sites for hydroxylation is 1. The van der Waals surface area contributed by atoms with Crippen LogP contribution in [0.5, 0.6) is 0 Å². The van der Waals surface area contributed by atoms with Crippen molar-refractivity contribution in [3.05, 3.63) is 17.5 Å². The molecule has 0 spiro atoms. The van der Waals surface area contributed by atoms with E-state index < -0.39 is 0 Å². The number of nitriles is 1. The smallest absolute Gasteiger partial charge is 0.186 e. The summed E-state index contributed by atoms with van der Waals surface area (Å²) in [5.74, 6) is 0.447. The summed E-state index contributed by atoms with van der Waals surface area (Å²) >= 11 is 0. The van der Waals surface area contributed by atoms with Crippen LogP contribution in [0.4, 0.5) is 0 Å². The second-order valence-electron chi connectivity index (χ2n) is 2.92. The molecule has 0 saturated heterocycles. The lowest BCUT2D eigenvalue weighted by atomic mass is 10.1. The maximum absolute atomic E-state index is 8.62. The fourth-order valence-corrected chi connectivity index (χ4v) is 0.933. The number of nitrogens with zero attached hydrogens (tertiary/aromatic N) is 2. The van der Waals surface area contributed by atoms with Crippen molar-refractivity contribution in [3.63, 3.8) is 0 Å². The van der Waals surface area contributed by atoms with Gasteiger partial charge in [0.1, 0.15) is 0 Å². The van der Waals surface area contributed by atoms with Gasteiger partial charge in [-0.25, -0.2) is 0 Å². The molecule has 0 fully saturated rings. The number of nitrogens with one attached hydrogen (secondary N) is 1. The number of hydrogen-bond donors (Lipinski definition) is 1. The lowest BCUT2D eigenvalue weighted by molar-refractivity contribution is -0.729. The summed E-state index contributed by atoms with van der Waals surface area (Å²) in [5.41, 5.74) is 1.78. The van der Waals surface area contributed by atoms with Crippen LogP contribution < -0.4 is 4.68 Å². The number of hydrogen-bond acceptors (Lipinski definition) is 1. The molecule has 0 aromatic carbocycles. The Kier molecular flexibility index (Phi) is 1.95. The third kappa shape index (κ3) is 1.40. The number of rotatable bonds is 1. The topological polar surface area (TPSA) is 43.5 Å². The van der Waals surface area contributed by atoms with Gasteiger partial charge in [0.2, 0.25) is 0 Å². The molecule has 0 aliphatic heterocycles. The predicted octanol–water partition coefficient (Wildman–Crippen LogP) is 0.834. The SMILES string of the molecule is CC(C)c1cc(C#N)[n+](C)[nH]1. The van der Waals surface area contributed by atoms with Crippen molar-refractivity contribution < 1.29 is 4.68 Å². The molecule has 1 heterocycles. The summed E-state index contributed by atoms with van der Waals surface area (Å²) in [5, 5.41) is 11.7. The Balaban J connectivity index is 3.07. The standard InChI is InChI=1S/C8H11N3/c1-6(2)8-4-7(5-9)11(3)10-8/h4,6H,1-3H3/p+1. The lowest BCUT2D eigenvalue weighted by Crippen LogP contribution is -2.33. The van der Waals surface area contributed by atoms with E-state index in [1.807, 2.05) is 13.1 Å². The summed E-state index contributed by atoms with van der Waals surface area (Å²) in [7, 11) is 1.84. The average molecular weight is 150 g/mol. The molecule has 0 bridgehead atoms. The van der Waals surface area contributed by atoms with Gasteiger partial charge in [-0.2, -0.15) is 10.4 Å². The molecule has 0 aliphatic carbocycles. The van der Waals surface area contributed by atoms with Crippen molar-refractivity contribution in [1.29, 1.82) is 5.26 Å². The van der Waals surface area contributed by atoms with Crippen LogP contribution in [0.3, 0.4) is 0 Å². The van der Waals surface area contributed by atoms with Gasteiger partial charge in [-0.05, 0) is 5.92 Å². The summed E-state index contributed by atoms with van der Waals surface area (Å²) in [4.78, 5) is 0. The van der Waals surface area contributed by atoms with Gasteiger partial charge in [0, 0.05) is 6.07 Å². The normalized spacial score (nSPS) is 10.1. The highest BCUT2D eigenvalue weighted by Gasteiger charge is 2.12. The Morgan fingerprint density at radius 3 is 2.55 bits per heavy atom. The highest BCUT2D eigenvalue weighted by molar-refractivity contribution is 5.18. The largest absolute Gasteiger partial charge is 0.308 e. The quantitative estimate of drug-likeness (QED) is 0.592. The molecule has 1 aromatic rings. The highest BCUT2D eigenvalue weighted by atomic mass is 15.3. The summed E-state index contributed by atoms with van der Waals surface area (Å²) in [6.45, 7) is 4.18. The Morgan fingerprint density at radius 2 is 2.27 bits per heavy atom. The van der Waals surface area contributed by atoms with E-state index in [0.717, 1.165) is 5.69 Å². The zero-order valence-electron chi connectivity index (χ0n) is 7.05. The monoisotopic (exact) mass is 150 g/mol. The minimum absolute atomic E-state index is 0.447. The molecule has 11 heavy (non-hydrogen) atoms. The maximum Gasteiger partial charge on any atom is 0.308 e. The van der Waals surface area contributed by atoms with Gasteiger partial charge in [0.05, 0.1) is 5.69 Å². The van der Waals surface area contributed by atoms with Gasteiger partial charge in [-0.3, -0.25) is 0 Å². The Labute approximate surface area is 66.3 Å². The highest BCUT2D eigenvalue weighted by Crippen LogP contribution is 2.09. The Bertz CT molecular complexity index is 291. The minimum Gasteiger partial charge on any atom is -0.186 e.